The average Bonchev–Trinajstić information content (AvgIpc) is 3.54. The van der Waals surface area contributed by atoms with Gasteiger partial charge in [-0.25, -0.2) is 9.97 Å². The van der Waals surface area contributed by atoms with E-state index in [0.717, 1.165) is 50.4 Å². The molecule has 2 heterocycles. The molecule has 0 radical (unpaired) electrons. The molecule has 0 atom stereocenters. The number of aromatic nitrogens is 2. The minimum Gasteiger partial charge on any atom is -0.310 e. The van der Waals surface area contributed by atoms with Gasteiger partial charge in [-0.1, -0.05) is 164 Å². The number of para-hydroxylation sites is 4. The van der Waals surface area contributed by atoms with Crippen LogP contribution in [0.25, 0.3) is 55.8 Å². The van der Waals surface area contributed by atoms with E-state index >= 15 is 0 Å². The van der Waals surface area contributed by atoms with Crippen LogP contribution in [0.5, 0.6) is 0 Å². The van der Waals surface area contributed by atoms with E-state index in [1.54, 1.807) is 0 Å². The third kappa shape index (κ3) is 4.36. The molecule has 0 saturated heterocycles. The number of fused-ring (bicyclic) bond motifs is 10. The molecule has 9 aromatic rings. The number of nitrogens with zero attached hydrogens (tertiary/aromatic N) is 3. The van der Waals surface area contributed by atoms with Crippen molar-refractivity contribution in [2.45, 2.75) is 5.41 Å². The van der Waals surface area contributed by atoms with Gasteiger partial charge in [-0.2, -0.15) is 0 Å². The van der Waals surface area contributed by atoms with Crippen LogP contribution in [0.3, 0.4) is 0 Å². The van der Waals surface area contributed by atoms with Crippen LogP contribution in [0.4, 0.5) is 17.1 Å². The molecular formula is C51H33N3. The van der Waals surface area contributed by atoms with Gasteiger partial charge in [0.1, 0.15) is 0 Å². The lowest BCUT2D eigenvalue weighted by Crippen LogP contribution is -2.36. The Balaban J connectivity index is 1.18. The second-order valence-corrected chi connectivity index (χ2v) is 14.1. The summed E-state index contributed by atoms with van der Waals surface area (Å²) in [6.45, 7) is 0. The largest absolute Gasteiger partial charge is 0.310 e. The fraction of sp³-hybridized carbons (Fsp3) is 0.0196. The first-order chi connectivity index (χ1) is 26.8. The highest BCUT2D eigenvalue weighted by atomic mass is 15.2. The lowest BCUT2D eigenvalue weighted by molar-refractivity contribution is 0.753. The van der Waals surface area contributed by atoms with Crippen molar-refractivity contribution in [2.75, 3.05) is 4.90 Å². The molecule has 0 N–H and O–H groups in total. The van der Waals surface area contributed by atoms with Crippen molar-refractivity contribution in [3.63, 3.8) is 0 Å². The number of hydrogen-bond acceptors (Lipinski definition) is 3. The Hall–Kier alpha value is -7.10. The average molecular weight is 688 g/mol. The minimum absolute atomic E-state index is 0.530. The van der Waals surface area contributed by atoms with Crippen LogP contribution in [-0.4, -0.2) is 9.97 Å². The van der Waals surface area contributed by atoms with Gasteiger partial charge in [-0.3, -0.25) is 0 Å². The van der Waals surface area contributed by atoms with Crippen LogP contribution in [0.2, 0.25) is 0 Å². The monoisotopic (exact) mass is 687 g/mol. The lowest BCUT2D eigenvalue weighted by atomic mass is 9.64. The summed E-state index contributed by atoms with van der Waals surface area (Å²) in [5, 5.41) is 1.03. The van der Waals surface area contributed by atoms with E-state index in [-0.39, 0.29) is 0 Å². The highest BCUT2D eigenvalue weighted by Gasteiger charge is 2.51. The summed E-state index contributed by atoms with van der Waals surface area (Å²) in [5.41, 5.74) is 16.9. The number of benzene rings is 8. The lowest BCUT2D eigenvalue weighted by Gasteiger charge is -2.45. The standard InChI is InChI=1S/C51H33N3/c1-3-17-34(18-4-1)50-52-46-28-14-10-24-41(46)49(53-50)40-23-8-7-21-37(40)35-31-32-39-38-22-9-11-25-42(38)51(45(39)33-35)43-26-12-15-29-47(43)54(36-19-5-2-6-20-36)48-30-16-13-27-44(48)51/h1-33H. The molecule has 8 aromatic carbocycles. The van der Waals surface area contributed by atoms with Crippen molar-refractivity contribution < 1.29 is 0 Å². The van der Waals surface area contributed by atoms with Gasteiger partial charge in [0, 0.05) is 22.2 Å². The topological polar surface area (TPSA) is 29.0 Å². The Labute approximate surface area is 314 Å². The first-order valence-electron chi connectivity index (χ1n) is 18.5. The van der Waals surface area contributed by atoms with Crippen molar-refractivity contribution in [1.82, 2.24) is 9.97 Å². The van der Waals surface area contributed by atoms with Crippen molar-refractivity contribution in [1.29, 1.82) is 0 Å². The van der Waals surface area contributed by atoms with Crippen molar-refractivity contribution in [3.05, 3.63) is 222 Å². The van der Waals surface area contributed by atoms with Crippen molar-refractivity contribution in [3.8, 4) is 44.9 Å². The van der Waals surface area contributed by atoms with Crippen LogP contribution in [0, 0.1) is 0 Å². The fourth-order valence-electron chi connectivity index (χ4n) is 9.07. The quantitative estimate of drug-likeness (QED) is 0.184. The van der Waals surface area contributed by atoms with Gasteiger partial charge in [-0.15, -0.1) is 0 Å². The van der Waals surface area contributed by atoms with E-state index in [1.165, 1.54) is 44.8 Å². The highest BCUT2D eigenvalue weighted by Crippen LogP contribution is 2.63. The second-order valence-electron chi connectivity index (χ2n) is 14.1. The molecule has 1 aliphatic carbocycles. The summed E-state index contributed by atoms with van der Waals surface area (Å²) < 4.78 is 0. The molecule has 11 rings (SSSR count). The Morgan fingerprint density at radius 2 is 0.926 bits per heavy atom. The molecule has 0 unspecified atom stereocenters. The molecule has 3 nitrogen and oxygen atoms in total. The fourth-order valence-corrected chi connectivity index (χ4v) is 9.07. The molecule has 1 aromatic heterocycles. The Kier molecular flexibility index (Phi) is 6.77. The molecule has 0 bridgehead atoms. The summed E-state index contributed by atoms with van der Waals surface area (Å²) in [4.78, 5) is 12.7. The molecule has 0 saturated carbocycles. The summed E-state index contributed by atoms with van der Waals surface area (Å²) in [6.07, 6.45) is 0. The number of hydrogen-bond donors (Lipinski definition) is 0. The third-order valence-electron chi connectivity index (χ3n) is 11.3. The molecule has 1 spiro atoms. The first-order valence-corrected chi connectivity index (χ1v) is 18.5. The minimum atomic E-state index is -0.530. The molecule has 252 valence electrons. The molecule has 3 heteroatoms. The van der Waals surface area contributed by atoms with E-state index in [9.17, 15) is 0 Å². The maximum Gasteiger partial charge on any atom is 0.160 e. The molecule has 1 aliphatic heterocycles. The molecular weight excluding hydrogens is 655 g/mol. The normalized spacial score (nSPS) is 13.3. The Morgan fingerprint density at radius 3 is 1.67 bits per heavy atom. The van der Waals surface area contributed by atoms with Gasteiger partial charge in [0.05, 0.1) is 28.0 Å². The summed E-state index contributed by atoms with van der Waals surface area (Å²) in [6, 6.07) is 72.2. The summed E-state index contributed by atoms with van der Waals surface area (Å²) >= 11 is 0. The van der Waals surface area contributed by atoms with Gasteiger partial charge in [0.25, 0.3) is 0 Å². The number of rotatable bonds is 4. The van der Waals surface area contributed by atoms with E-state index in [4.69, 9.17) is 9.97 Å². The third-order valence-corrected chi connectivity index (χ3v) is 11.3. The molecule has 2 aliphatic rings. The van der Waals surface area contributed by atoms with E-state index in [0.29, 0.717) is 0 Å². The first kappa shape index (κ1) is 30.5. The maximum atomic E-state index is 5.30. The van der Waals surface area contributed by atoms with Gasteiger partial charge < -0.3 is 4.90 Å². The van der Waals surface area contributed by atoms with Crippen molar-refractivity contribution >= 4 is 28.0 Å². The zero-order valence-corrected chi connectivity index (χ0v) is 29.4. The Morgan fingerprint density at radius 1 is 0.370 bits per heavy atom. The van der Waals surface area contributed by atoms with Gasteiger partial charge in [-0.05, 0) is 80.9 Å². The highest BCUT2D eigenvalue weighted by molar-refractivity contribution is 6.00. The van der Waals surface area contributed by atoms with Crippen LogP contribution in [-0.2, 0) is 5.41 Å². The maximum absolute atomic E-state index is 5.30. The SMILES string of the molecule is c1ccc(-c2nc(-c3ccccc3-c3ccc4c(c3)C3(c5ccccc5-4)c4ccccc4N(c4ccccc4)c4ccccc43)c3ccccc3n2)cc1. The summed E-state index contributed by atoms with van der Waals surface area (Å²) in [7, 11) is 0. The molecule has 54 heavy (non-hydrogen) atoms. The Bertz CT molecular complexity index is 2850. The number of anilines is 3. The van der Waals surface area contributed by atoms with Crippen LogP contribution in [0.1, 0.15) is 22.3 Å². The second kappa shape index (κ2) is 12.0. The smallest absolute Gasteiger partial charge is 0.160 e. The van der Waals surface area contributed by atoms with Crippen LogP contribution < -0.4 is 4.90 Å². The van der Waals surface area contributed by atoms with Crippen molar-refractivity contribution in [2.24, 2.45) is 0 Å². The molecule has 0 amide bonds. The predicted octanol–water partition coefficient (Wildman–Crippen LogP) is 12.8. The summed E-state index contributed by atoms with van der Waals surface area (Å²) in [5.74, 6) is 0.723. The zero-order valence-electron chi connectivity index (χ0n) is 29.4. The van der Waals surface area contributed by atoms with E-state index in [1.807, 2.05) is 18.2 Å². The van der Waals surface area contributed by atoms with Gasteiger partial charge in [0.2, 0.25) is 0 Å². The van der Waals surface area contributed by atoms with E-state index in [2.05, 4.69) is 187 Å². The van der Waals surface area contributed by atoms with E-state index < -0.39 is 5.41 Å². The van der Waals surface area contributed by atoms with Crippen LogP contribution >= 0.6 is 0 Å². The van der Waals surface area contributed by atoms with Gasteiger partial charge >= 0.3 is 0 Å². The van der Waals surface area contributed by atoms with Crippen LogP contribution in [0.15, 0.2) is 200 Å². The predicted molar refractivity (Wildman–Crippen MR) is 221 cm³/mol. The van der Waals surface area contributed by atoms with Gasteiger partial charge in [0.15, 0.2) is 5.82 Å². The zero-order chi connectivity index (χ0) is 35.6. The molecule has 0 fully saturated rings.